The Bertz CT molecular complexity index is 580. The third-order valence-electron chi connectivity index (χ3n) is 4.09. The van der Waals surface area contributed by atoms with Crippen molar-refractivity contribution in [3.05, 3.63) is 55.1 Å². The van der Waals surface area contributed by atoms with Crippen LogP contribution in [-0.2, 0) is 25.6 Å². The van der Waals surface area contributed by atoms with Gasteiger partial charge in [0.25, 0.3) is 0 Å². The SMILES string of the molecule is C=C[C@H](CCC(=O)O[C@@H](C)[C@H]1O[C@H]1C=C)OCc1ccc(OC)cc1. The number of methoxy groups -OCH3 is 1. The summed E-state index contributed by atoms with van der Waals surface area (Å²) in [6, 6.07) is 7.66. The van der Waals surface area contributed by atoms with Gasteiger partial charge in [-0.15, -0.1) is 13.2 Å². The predicted molar refractivity (Wildman–Crippen MR) is 95.4 cm³/mol. The molecule has 25 heavy (non-hydrogen) atoms. The molecule has 0 radical (unpaired) electrons. The van der Waals surface area contributed by atoms with Crippen molar-refractivity contribution in [3.63, 3.8) is 0 Å². The zero-order chi connectivity index (χ0) is 18.2. The number of benzene rings is 1. The number of rotatable bonds is 11. The molecule has 0 saturated carbocycles. The average molecular weight is 346 g/mol. The van der Waals surface area contributed by atoms with Crippen molar-refractivity contribution in [2.45, 2.75) is 50.8 Å². The molecule has 1 aromatic carbocycles. The highest BCUT2D eigenvalue weighted by Crippen LogP contribution is 2.28. The zero-order valence-corrected chi connectivity index (χ0v) is 14.9. The lowest BCUT2D eigenvalue weighted by molar-refractivity contribution is -0.149. The maximum absolute atomic E-state index is 11.9. The van der Waals surface area contributed by atoms with E-state index in [-0.39, 0.29) is 36.8 Å². The summed E-state index contributed by atoms with van der Waals surface area (Å²) in [6.45, 7) is 9.71. The zero-order valence-electron chi connectivity index (χ0n) is 14.9. The molecule has 4 atom stereocenters. The Kier molecular flexibility index (Phi) is 7.22. The minimum atomic E-state index is -0.266. The lowest BCUT2D eigenvalue weighted by Gasteiger charge is -2.15. The third-order valence-corrected chi connectivity index (χ3v) is 4.09. The molecule has 0 spiro atoms. The summed E-state index contributed by atoms with van der Waals surface area (Å²) in [6.07, 6.45) is 3.69. The van der Waals surface area contributed by atoms with Crippen LogP contribution in [0.2, 0.25) is 0 Å². The van der Waals surface area contributed by atoms with Gasteiger partial charge in [-0.25, -0.2) is 0 Å². The summed E-state index contributed by atoms with van der Waals surface area (Å²) >= 11 is 0. The summed E-state index contributed by atoms with van der Waals surface area (Å²) in [5, 5.41) is 0. The highest BCUT2D eigenvalue weighted by atomic mass is 16.6. The van der Waals surface area contributed by atoms with Crippen molar-refractivity contribution in [2.75, 3.05) is 7.11 Å². The second-order valence-corrected chi connectivity index (χ2v) is 5.97. The van der Waals surface area contributed by atoms with E-state index in [9.17, 15) is 4.79 Å². The molecule has 1 aromatic rings. The Balaban J connectivity index is 1.69. The highest BCUT2D eigenvalue weighted by molar-refractivity contribution is 5.69. The van der Waals surface area contributed by atoms with Gasteiger partial charge in [0.2, 0.25) is 0 Å². The first-order valence-electron chi connectivity index (χ1n) is 8.42. The van der Waals surface area contributed by atoms with Gasteiger partial charge in [0.15, 0.2) is 0 Å². The normalized spacial score (nSPS) is 21.0. The molecule has 1 saturated heterocycles. The van der Waals surface area contributed by atoms with E-state index in [4.69, 9.17) is 18.9 Å². The van der Waals surface area contributed by atoms with E-state index in [0.29, 0.717) is 13.0 Å². The van der Waals surface area contributed by atoms with E-state index in [1.54, 1.807) is 19.3 Å². The van der Waals surface area contributed by atoms with Crippen molar-refractivity contribution < 1.29 is 23.7 Å². The number of carbonyl (C=O) groups excluding carboxylic acids is 1. The fraction of sp³-hybridized carbons (Fsp3) is 0.450. The topological polar surface area (TPSA) is 57.3 Å². The van der Waals surface area contributed by atoms with Crippen LogP contribution in [0.25, 0.3) is 0 Å². The monoisotopic (exact) mass is 346 g/mol. The Hall–Kier alpha value is -2.11. The third kappa shape index (κ3) is 6.03. The molecule has 1 aliphatic heterocycles. The van der Waals surface area contributed by atoms with Crippen LogP contribution in [0.5, 0.6) is 5.75 Å². The van der Waals surface area contributed by atoms with Crippen LogP contribution in [0.1, 0.15) is 25.3 Å². The molecular weight excluding hydrogens is 320 g/mol. The Labute approximate surface area is 149 Å². The molecule has 0 bridgehead atoms. The number of epoxide rings is 1. The van der Waals surface area contributed by atoms with Gasteiger partial charge >= 0.3 is 5.97 Å². The van der Waals surface area contributed by atoms with Crippen LogP contribution in [0.3, 0.4) is 0 Å². The minimum absolute atomic E-state index is 0.00319. The fourth-order valence-electron chi connectivity index (χ4n) is 2.49. The number of esters is 1. The van der Waals surface area contributed by atoms with E-state index in [2.05, 4.69) is 13.2 Å². The first-order valence-corrected chi connectivity index (χ1v) is 8.42. The van der Waals surface area contributed by atoms with Gasteiger partial charge in [0, 0.05) is 6.42 Å². The maximum Gasteiger partial charge on any atom is 0.306 e. The first-order chi connectivity index (χ1) is 12.1. The summed E-state index contributed by atoms with van der Waals surface area (Å²) < 4.78 is 21.6. The molecule has 1 aliphatic rings. The standard InChI is InChI=1S/C20H26O5/c1-5-16(23-13-15-7-9-17(22-4)10-8-15)11-12-19(21)24-14(3)20-18(6-2)25-20/h5-10,14,16,18,20H,1-2,11-13H2,3-4H3/t14-,16+,18-,20+/m0/s1. The van der Waals surface area contributed by atoms with E-state index in [1.165, 1.54) is 0 Å². The summed E-state index contributed by atoms with van der Waals surface area (Å²) in [5.41, 5.74) is 1.03. The molecular formula is C20H26O5. The largest absolute Gasteiger partial charge is 0.497 e. The highest BCUT2D eigenvalue weighted by Gasteiger charge is 2.42. The van der Waals surface area contributed by atoms with E-state index < -0.39 is 0 Å². The van der Waals surface area contributed by atoms with E-state index >= 15 is 0 Å². The molecule has 1 heterocycles. The Morgan fingerprint density at radius 3 is 2.60 bits per heavy atom. The Morgan fingerprint density at radius 2 is 2.04 bits per heavy atom. The quantitative estimate of drug-likeness (QED) is 0.349. The summed E-state index contributed by atoms with van der Waals surface area (Å²) in [7, 11) is 1.63. The predicted octanol–water partition coefficient (Wildman–Crippen LogP) is 3.43. The van der Waals surface area contributed by atoms with E-state index in [0.717, 1.165) is 11.3 Å². The average Bonchev–Trinajstić information content (AvgIpc) is 3.42. The van der Waals surface area contributed by atoms with Crippen LogP contribution < -0.4 is 4.74 Å². The molecule has 0 amide bonds. The van der Waals surface area contributed by atoms with Crippen LogP contribution in [0, 0.1) is 0 Å². The molecule has 2 rings (SSSR count). The molecule has 1 fully saturated rings. The van der Waals surface area contributed by atoms with Gasteiger partial charge in [-0.2, -0.15) is 0 Å². The van der Waals surface area contributed by atoms with Gasteiger partial charge in [0.05, 0.1) is 19.8 Å². The molecule has 5 heteroatoms. The number of ether oxygens (including phenoxy) is 4. The number of carbonyl (C=O) groups is 1. The van der Waals surface area contributed by atoms with Crippen LogP contribution in [0.4, 0.5) is 0 Å². The van der Waals surface area contributed by atoms with Crippen LogP contribution >= 0.6 is 0 Å². The second-order valence-electron chi connectivity index (χ2n) is 5.97. The summed E-state index contributed by atoms with van der Waals surface area (Å²) in [4.78, 5) is 11.9. The number of hydrogen-bond acceptors (Lipinski definition) is 5. The second kappa shape index (κ2) is 9.39. The molecule has 0 aliphatic carbocycles. The van der Waals surface area contributed by atoms with Crippen molar-refractivity contribution >= 4 is 5.97 Å². The molecule has 0 N–H and O–H groups in total. The van der Waals surface area contributed by atoms with Gasteiger partial charge in [-0.05, 0) is 31.0 Å². The summed E-state index contributed by atoms with van der Waals surface area (Å²) in [5.74, 6) is 0.546. The van der Waals surface area contributed by atoms with Gasteiger partial charge < -0.3 is 18.9 Å². The Morgan fingerprint density at radius 1 is 1.32 bits per heavy atom. The smallest absolute Gasteiger partial charge is 0.306 e. The van der Waals surface area contributed by atoms with Crippen LogP contribution in [0.15, 0.2) is 49.6 Å². The van der Waals surface area contributed by atoms with Crippen molar-refractivity contribution in [2.24, 2.45) is 0 Å². The molecule has 136 valence electrons. The van der Waals surface area contributed by atoms with Crippen molar-refractivity contribution in [1.29, 1.82) is 0 Å². The minimum Gasteiger partial charge on any atom is -0.497 e. The van der Waals surface area contributed by atoms with Gasteiger partial charge in [0.1, 0.15) is 24.1 Å². The molecule has 5 nitrogen and oxygen atoms in total. The van der Waals surface area contributed by atoms with Gasteiger partial charge in [-0.3, -0.25) is 4.79 Å². The van der Waals surface area contributed by atoms with Crippen molar-refractivity contribution in [1.82, 2.24) is 0 Å². The lowest BCUT2D eigenvalue weighted by atomic mass is 10.2. The van der Waals surface area contributed by atoms with Crippen molar-refractivity contribution in [3.8, 4) is 5.75 Å². The van der Waals surface area contributed by atoms with Gasteiger partial charge in [-0.1, -0.05) is 24.3 Å². The fourth-order valence-corrected chi connectivity index (χ4v) is 2.49. The maximum atomic E-state index is 11.9. The first kappa shape index (κ1) is 19.2. The molecule has 0 unspecified atom stereocenters. The van der Waals surface area contributed by atoms with Crippen LogP contribution in [-0.4, -0.2) is 37.5 Å². The molecule has 0 aromatic heterocycles. The lowest BCUT2D eigenvalue weighted by Crippen LogP contribution is -2.22. The number of hydrogen-bond donors (Lipinski definition) is 0. The van der Waals surface area contributed by atoms with E-state index in [1.807, 2.05) is 31.2 Å².